The Balaban J connectivity index is 1.47. The van der Waals surface area contributed by atoms with Crippen LogP contribution in [0.3, 0.4) is 0 Å². The van der Waals surface area contributed by atoms with Crippen LogP contribution >= 0.6 is 0 Å². The van der Waals surface area contributed by atoms with Gasteiger partial charge in [-0.2, -0.15) is 0 Å². The van der Waals surface area contributed by atoms with E-state index in [2.05, 4.69) is 74.2 Å². The highest BCUT2D eigenvalue weighted by atomic mass is 16.5. The van der Waals surface area contributed by atoms with E-state index in [4.69, 9.17) is 9.47 Å². The first-order chi connectivity index (χ1) is 16.4. The molecule has 1 saturated heterocycles. The fourth-order valence-electron chi connectivity index (χ4n) is 5.70. The third-order valence-corrected chi connectivity index (χ3v) is 7.30. The highest BCUT2D eigenvalue weighted by Crippen LogP contribution is 2.53. The molecule has 0 radical (unpaired) electrons. The molecule has 4 heteroatoms. The lowest BCUT2D eigenvalue weighted by Gasteiger charge is -2.45. The number of hydrogen-bond acceptors (Lipinski definition) is 4. The van der Waals surface area contributed by atoms with Crippen molar-refractivity contribution in [2.75, 3.05) is 26.2 Å². The summed E-state index contributed by atoms with van der Waals surface area (Å²) in [5.41, 5.74) is 4.38. The normalized spacial score (nSPS) is 21.6. The molecule has 34 heavy (non-hydrogen) atoms. The largest absolute Gasteiger partial charge is 0.508 e. The van der Waals surface area contributed by atoms with Gasteiger partial charge in [-0.25, -0.2) is 0 Å². The number of phenols is 1. The SMILES string of the molecule is Cc1cccc([C@@H]2[C@@H](c3ccc(OCCN4CCCC4)cc3)c3ccc(O)cc3OC2(C)C)c1. The lowest BCUT2D eigenvalue weighted by Crippen LogP contribution is -2.43. The molecule has 5 rings (SSSR count). The van der Waals surface area contributed by atoms with Crippen LogP contribution in [0.2, 0.25) is 0 Å². The van der Waals surface area contributed by atoms with Gasteiger partial charge in [0.05, 0.1) is 0 Å². The molecule has 2 aliphatic heterocycles. The number of phenolic OH excluding ortho intramolecular Hbond substituents is 1. The first-order valence-corrected chi connectivity index (χ1v) is 12.4. The first kappa shape index (κ1) is 22.8. The first-order valence-electron chi connectivity index (χ1n) is 12.4. The van der Waals surface area contributed by atoms with Crippen LogP contribution in [0.25, 0.3) is 0 Å². The average molecular weight is 458 g/mol. The monoisotopic (exact) mass is 457 g/mol. The Kier molecular flexibility index (Phi) is 6.26. The summed E-state index contributed by atoms with van der Waals surface area (Å²) in [5.74, 6) is 2.10. The number of benzene rings is 3. The van der Waals surface area contributed by atoms with Crippen molar-refractivity contribution in [3.63, 3.8) is 0 Å². The van der Waals surface area contributed by atoms with Crippen molar-refractivity contribution in [3.8, 4) is 17.2 Å². The predicted octanol–water partition coefficient (Wildman–Crippen LogP) is 6.26. The van der Waals surface area contributed by atoms with Gasteiger partial charge in [0.15, 0.2) is 0 Å². The second kappa shape index (κ2) is 9.34. The lowest BCUT2D eigenvalue weighted by molar-refractivity contribution is 0.0528. The number of aromatic hydroxyl groups is 1. The molecule has 0 saturated carbocycles. The predicted molar refractivity (Wildman–Crippen MR) is 136 cm³/mol. The molecule has 2 atom stereocenters. The molecule has 0 aromatic heterocycles. The van der Waals surface area contributed by atoms with Crippen molar-refractivity contribution in [2.45, 2.75) is 51.0 Å². The van der Waals surface area contributed by atoms with Crippen LogP contribution in [0.1, 0.15) is 60.8 Å². The van der Waals surface area contributed by atoms with E-state index in [1.165, 1.54) is 42.6 Å². The summed E-state index contributed by atoms with van der Waals surface area (Å²) >= 11 is 0. The third kappa shape index (κ3) is 4.65. The van der Waals surface area contributed by atoms with Crippen LogP contribution in [0.4, 0.5) is 0 Å². The molecule has 2 heterocycles. The maximum atomic E-state index is 10.1. The summed E-state index contributed by atoms with van der Waals surface area (Å²) in [6.07, 6.45) is 2.61. The average Bonchev–Trinajstić information content (AvgIpc) is 3.31. The number of rotatable bonds is 6. The Hall–Kier alpha value is -2.98. The van der Waals surface area contributed by atoms with Gasteiger partial charge in [-0.15, -0.1) is 0 Å². The molecule has 1 N–H and O–H groups in total. The summed E-state index contributed by atoms with van der Waals surface area (Å²) in [4.78, 5) is 2.47. The molecule has 2 aliphatic rings. The number of ether oxygens (including phenoxy) is 2. The molecule has 3 aromatic carbocycles. The quantitative estimate of drug-likeness (QED) is 0.474. The van der Waals surface area contributed by atoms with E-state index in [-0.39, 0.29) is 17.6 Å². The van der Waals surface area contributed by atoms with Crippen LogP contribution in [0.5, 0.6) is 17.2 Å². The standard InChI is InChI=1S/C30H35NO3/c1-21-7-6-8-23(19-21)29-28(26-14-11-24(32)20-27(26)34-30(29,2)3)22-9-12-25(13-10-22)33-18-17-31-15-4-5-16-31/h6-14,19-20,28-29,32H,4-5,15-18H2,1-3H3/t28-,29+/m0/s1. The van der Waals surface area contributed by atoms with Crippen LogP contribution in [-0.4, -0.2) is 41.8 Å². The van der Waals surface area contributed by atoms with Gasteiger partial charge in [0.25, 0.3) is 0 Å². The number of hydrogen-bond donors (Lipinski definition) is 1. The fourth-order valence-corrected chi connectivity index (χ4v) is 5.70. The Bertz CT molecular complexity index is 1130. The molecule has 0 bridgehead atoms. The highest BCUT2D eigenvalue weighted by Gasteiger charge is 2.45. The second-order valence-corrected chi connectivity index (χ2v) is 10.3. The smallest absolute Gasteiger partial charge is 0.127 e. The topological polar surface area (TPSA) is 41.9 Å². The molecule has 0 amide bonds. The van der Waals surface area contributed by atoms with Gasteiger partial charge in [-0.1, -0.05) is 48.0 Å². The molecular weight excluding hydrogens is 422 g/mol. The van der Waals surface area contributed by atoms with Crippen molar-refractivity contribution in [2.24, 2.45) is 0 Å². The van der Waals surface area contributed by atoms with E-state index in [1.54, 1.807) is 12.1 Å². The van der Waals surface area contributed by atoms with Crippen molar-refractivity contribution >= 4 is 0 Å². The molecule has 1 fully saturated rings. The van der Waals surface area contributed by atoms with Crippen molar-refractivity contribution in [3.05, 3.63) is 89.0 Å². The van der Waals surface area contributed by atoms with Gasteiger partial charge in [-0.3, -0.25) is 4.90 Å². The highest BCUT2D eigenvalue weighted by molar-refractivity contribution is 5.52. The number of aryl methyl sites for hydroxylation is 1. The summed E-state index contributed by atoms with van der Waals surface area (Å²) in [7, 11) is 0. The number of fused-ring (bicyclic) bond motifs is 1. The lowest BCUT2D eigenvalue weighted by atomic mass is 9.68. The number of likely N-dealkylation sites (tertiary alicyclic amines) is 1. The fraction of sp³-hybridized carbons (Fsp3) is 0.400. The number of nitrogens with zero attached hydrogens (tertiary/aromatic N) is 1. The van der Waals surface area contributed by atoms with Crippen LogP contribution < -0.4 is 9.47 Å². The molecule has 0 aliphatic carbocycles. The van der Waals surface area contributed by atoms with Gasteiger partial charge < -0.3 is 14.6 Å². The third-order valence-electron chi connectivity index (χ3n) is 7.30. The maximum absolute atomic E-state index is 10.1. The zero-order valence-electron chi connectivity index (χ0n) is 20.5. The molecule has 3 aromatic rings. The van der Waals surface area contributed by atoms with Gasteiger partial charge >= 0.3 is 0 Å². The Morgan fingerprint density at radius 2 is 1.74 bits per heavy atom. The van der Waals surface area contributed by atoms with Gasteiger partial charge in [-0.05, 0) is 76.0 Å². The zero-order valence-corrected chi connectivity index (χ0v) is 20.5. The van der Waals surface area contributed by atoms with Crippen LogP contribution in [0.15, 0.2) is 66.7 Å². The van der Waals surface area contributed by atoms with Crippen molar-refractivity contribution in [1.29, 1.82) is 0 Å². The minimum atomic E-state index is -0.454. The van der Waals surface area contributed by atoms with E-state index in [0.29, 0.717) is 0 Å². The summed E-state index contributed by atoms with van der Waals surface area (Å²) in [6, 6.07) is 22.8. The van der Waals surface area contributed by atoms with Crippen molar-refractivity contribution in [1.82, 2.24) is 4.90 Å². The van der Waals surface area contributed by atoms with Gasteiger partial charge in [0, 0.05) is 30.0 Å². The van der Waals surface area contributed by atoms with E-state index >= 15 is 0 Å². The zero-order chi connectivity index (χ0) is 23.7. The molecule has 178 valence electrons. The molecule has 4 nitrogen and oxygen atoms in total. The van der Waals surface area contributed by atoms with Crippen LogP contribution in [-0.2, 0) is 0 Å². The second-order valence-electron chi connectivity index (χ2n) is 10.3. The summed E-state index contributed by atoms with van der Waals surface area (Å²) < 4.78 is 12.6. The Labute approximate surface area is 203 Å². The maximum Gasteiger partial charge on any atom is 0.127 e. The van der Waals surface area contributed by atoms with Gasteiger partial charge in [0.2, 0.25) is 0 Å². The van der Waals surface area contributed by atoms with E-state index in [9.17, 15) is 5.11 Å². The molecular formula is C30H35NO3. The Morgan fingerprint density at radius 3 is 2.47 bits per heavy atom. The van der Waals surface area contributed by atoms with Gasteiger partial charge in [0.1, 0.15) is 29.5 Å². The molecule has 0 unspecified atom stereocenters. The summed E-state index contributed by atoms with van der Waals surface area (Å²) in [6.45, 7) is 10.5. The van der Waals surface area contributed by atoms with Crippen molar-refractivity contribution < 1.29 is 14.6 Å². The minimum absolute atomic E-state index is 0.0970. The van der Waals surface area contributed by atoms with Crippen LogP contribution in [0, 0.1) is 6.92 Å². The van der Waals surface area contributed by atoms with E-state index in [1.807, 2.05) is 6.07 Å². The Morgan fingerprint density at radius 1 is 0.971 bits per heavy atom. The minimum Gasteiger partial charge on any atom is -0.508 e. The van der Waals surface area contributed by atoms with E-state index < -0.39 is 5.60 Å². The molecule has 0 spiro atoms. The summed E-state index contributed by atoms with van der Waals surface area (Å²) in [5, 5.41) is 10.1. The van der Waals surface area contributed by atoms with E-state index in [0.717, 1.165) is 30.2 Å².